The number of anilines is 1. The van der Waals surface area contributed by atoms with Crippen molar-refractivity contribution < 1.29 is 56.0 Å². The summed E-state index contributed by atoms with van der Waals surface area (Å²) in [6, 6.07) is 3.36. The van der Waals surface area contributed by atoms with E-state index in [-0.39, 0.29) is 11.4 Å². The van der Waals surface area contributed by atoms with E-state index in [2.05, 4.69) is 10.3 Å². The van der Waals surface area contributed by atoms with Crippen LogP contribution in [0.4, 0.5) is 32.2 Å². The first kappa shape index (κ1) is 25.3. The van der Waals surface area contributed by atoms with Crippen molar-refractivity contribution in [1.29, 1.82) is 5.41 Å². The second kappa shape index (κ2) is 9.40. The number of phenolic OH excluding ortho intramolecular Hbond substituents is 1. The second-order valence-electron chi connectivity index (χ2n) is 5.48. The first-order chi connectivity index (χ1) is 14.1. The molecular weight excluding hydrogens is 446 g/mol. The third kappa shape index (κ3) is 6.38. The van der Waals surface area contributed by atoms with Gasteiger partial charge >= 0.3 is 24.3 Å². The van der Waals surface area contributed by atoms with E-state index in [9.17, 15) is 31.4 Å². The summed E-state index contributed by atoms with van der Waals surface area (Å²) >= 11 is 0. The lowest BCUT2D eigenvalue weighted by Gasteiger charge is -2.11. The highest BCUT2D eigenvalue weighted by Gasteiger charge is 2.38. The monoisotopic (exact) mass is 460 g/mol. The maximum Gasteiger partial charge on any atom is 0.490 e. The van der Waals surface area contributed by atoms with Crippen LogP contribution in [-0.4, -0.2) is 62.8 Å². The Morgan fingerprint density at radius 3 is 2.03 bits per heavy atom. The quantitative estimate of drug-likeness (QED) is 0.404. The zero-order chi connectivity index (χ0) is 24.1. The number of aromatic hydroxyl groups is 1. The minimum atomic E-state index is -5.08. The fraction of sp³-hybridized carbons (Fsp3) is 0.333. The van der Waals surface area contributed by atoms with E-state index < -0.39 is 24.3 Å². The Hall–Kier alpha value is -3.72. The molecule has 1 aromatic heterocycles. The summed E-state index contributed by atoms with van der Waals surface area (Å²) in [5, 5.41) is 35.9. The maximum absolute atomic E-state index is 10.6. The van der Waals surface area contributed by atoms with E-state index in [4.69, 9.17) is 29.9 Å². The van der Waals surface area contributed by atoms with Crippen LogP contribution < -0.4 is 15.7 Å². The minimum absolute atomic E-state index is 0.0369. The molecule has 1 aromatic carbocycles. The van der Waals surface area contributed by atoms with Crippen LogP contribution >= 0.6 is 0 Å². The molecule has 0 aliphatic carbocycles. The molecule has 2 heterocycles. The summed E-state index contributed by atoms with van der Waals surface area (Å²) in [7, 11) is 1.48. The van der Waals surface area contributed by atoms with Crippen molar-refractivity contribution in [1.82, 2.24) is 9.55 Å². The Kier molecular flexibility index (Phi) is 7.67. The van der Waals surface area contributed by atoms with Crippen LogP contribution in [0.5, 0.6) is 11.5 Å². The number of phenols is 1. The van der Waals surface area contributed by atoms with Crippen molar-refractivity contribution in [3.8, 4) is 11.5 Å². The number of ether oxygens (including phenoxy) is 1. The van der Waals surface area contributed by atoms with Crippen molar-refractivity contribution in [3.05, 3.63) is 17.8 Å². The predicted octanol–water partition coefficient (Wildman–Crippen LogP) is 1.92. The van der Waals surface area contributed by atoms with Gasteiger partial charge in [0.15, 0.2) is 11.5 Å². The van der Waals surface area contributed by atoms with Gasteiger partial charge in [0.25, 0.3) is 0 Å². The number of carboxylic acids is 2. The van der Waals surface area contributed by atoms with E-state index in [0.717, 1.165) is 24.3 Å². The van der Waals surface area contributed by atoms with Crippen LogP contribution in [0.2, 0.25) is 0 Å². The zero-order valence-electron chi connectivity index (χ0n) is 15.3. The number of halogens is 6. The maximum atomic E-state index is 10.6. The van der Waals surface area contributed by atoms with E-state index >= 15 is 0 Å². The number of aliphatic carboxylic acids is 2. The zero-order valence-corrected chi connectivity index (χ0v) is 15.3. The Balaban J connectivity index is 0.000000288. The number of methoxy groups -OCH3 is 1. The first-order valence-electron chi connectivity index (χ1n) is 7.80. The van der Waals surface area contributed by atoms with Gasteiger partial charge in [-0.3, -0.25) is 9.98 Å². The van der Waals surface area contributed by atoms with Crippen molar-refractivity contribution in [2.75, 3.05) is 19.0 Å². The van der Waals surface area contributed by atoms with Gasteiger partial charge in [-0.25, -0.2) is 14.6 Å². The molecular formula is C15H14F6N4O6. The molecule has 0 saturated carbocycles. The highest BCUT2D eigenvalue weighted by Crippen LogP contribution is 2.35. The molecule has 172 valence electrons. The number of nitrogens with zero attached hydrogens (tertiary/aromatic N) is 2. The molecule has 2 aromatic rings. The van der Waals surface area contributed by atoms with Crippen molar-refractivity contribution in [2.45, 2.75) is 18.9 Å². The second-order valence-corrected chi connectivity index (χ2v) is 5.48. The lowest BCUT2D eigenvalue weighted by Crippen LogP contribution is -2.21. The summed E-state index contributed by atoms with van der Waals surface area (Å²) in [4.78, 5) is 22.0. The fourth-order valence-electron chi connectivity index (χ4n) is 2.18. The number of fused-ring (bicyclic) bond motifs is 3. The lowest BCUT2D eigenvalue weighted by molar-refractivity contribution is -0.193. The average Bonchev–Trinajstić information content (AvgIpc) is 3.12. The Labute approximate surface area is 167 Å². The largest absolute Gasteiger partial charge is 0.504 e. The Bertz CT molecular complexity index is 1010. The average molecular weight is 460 g/mol. The normalized spacial score (nSPS) is 12.5. The first-order valence-corrected chi connectivity index (χ1v) is 7.80. The standard InChI is InChI=1S/C11H12N4O2.2C2HF3O2/c1-17-9-7(16)3-2-6-8(9)14-11(12)15-5-4-13-10(6)15;2*3-2(4,5)1(6)7/h2-3,12-13,16H,4-5H2,1H3;2*(H,6,7). The van der Waals surface area contributed by atoms with Gasteiger partial charge in [-0.15, -0.1) is 0 Å². The number of rotatable bonds is 1. The molecule has 0 spiro atoms. The van der Waals surface area contributed by atoms with Gasteiger partial charge in [-0.2, -0.15) is 26.3 Å². The number of hydrogen-bond donors (Lipinski definition) is 5. The molecule has 1 aliphatic rings. The number of aromatic nitrogens is 2. The number of benzene rings is 1. The van der Waals surface area contributed by atoms with E-state index in [1.807, 2.05) is 0 Å². The highest BCUT2D eigenvalue weighted by molar-refractivity contribution is 5.95. The minimum Gasteiger partial charge on any atom is -0.504 e. The molecule has 0 bridgehead atoms. The van der Waals surface area contributed by atoms with Crippen molar-refractivity contribution in [2.24, 2.45) is 0 Å². The van der Waals surface area contributed by atoms with E-state index in [1.165, 1.54) is 7.11 Å². The lowest BCUT2D eigenvalue weighted by atomic mass is 10.2. The molecule has 0 atom stereocenters. The van der Waals surface area contributed by atoms with Crippen LogP contribution in [0.1, 0.15) is 0 Å². The van der Waals surface area contributed by atoms with Gasteiger partial charge in [-0.1, -0.05) is 0 Å². The summed E-state index contributed by atoms with van der Waals surface area (Å²) in [6.45, 7) is 1.52. The van der Waals surface area contributed by atoms with Crippen molar-refractivity contribution in [3.63, 3.8) is 0 Å². The van der Waals surface area contributed by atoms with Gasteiger partial charge < -0.3 is 25.4 Å². The molecule has 0 fully saturated rings. The molecule has 1 aliphatic heterocycles. The van der Waals surface area contributed by atoms with E-state index in [1.54, 1.807) is 16.7 Å². The van der Waals surface area contributed by atoms with Gasteiger partial charge in [0, 0.05) is 18.5 Å². The Morgan fingerprint density at radius 2 is 1.61 bits per heavy atom. The summed E-state index contributed by atoms with van der Waals surface area (Å²) in [5.41, 5.74) is 0.680. The number of carboxylic acid groups (broad SMARTS) is 2. The van der Waals surface area contributed by atoms with Gasteiger partial charge in [-0.05, 0) is 12.1 Å². The third-order valence-corrected chi connectivity index (χ3v) is 3.43. The number of alkyl halides is 6. The summed E-state index contributed by atoms with van der Waals surface area (Å²) in [5.74, 6) is -4.30. The molecule has 0 saturated heterocycles. The number of carbonyl (C=O) groups is 2. The Morgan fingerprint density at radius 1 is 1.13 bits per heavy atom. The molecule has 31 heavy (non-hydrogen) atoms. The van der Waals surface area contributed by atoms with Gasteiger partial charge in [0.1, 0.15) is 11.3 Å². The molecule has 5 N–H and O–H groups in total. The van der Waals surface area contributed by atoms with Crippen LogP contribution in [0.3, 0.4) is 0 Å². The van der Waals surface area contributed by atoms with Gasteiger partial charge in [0.2, 0.25) is 5.62 Å². The fourth-order valence-corrected chi connectivity index (χ4v) is 2.18. The van der Waals surface area contributed by atoms with E-state index in [0.29, 0.717) is 11.3 Å². The summed E-state index contributed by atoms with van der Waals surface area (Å²) < 4.78 is 70.4. The molecule has 0 radical (unpaired) electrons. The molecule has 0 unspecified atom stereocenters. The molecule has 16 heteroatoms. The number of hydrogen-bond acceptors (Lipinski definition) is 7. The highest BCUT2D eigenvalue weighted by atomic mass is 19.4. The topological polar surface area (TPSA) is 158 Å². The number of nitrogens with one attached hydrogen (secondary N) is 2. The van der Waals surface area contributed by atoms with Crippen molar-refractivity contribution >= 4 is 28.7 Å². The molecule has 0 amide bonds. The van der Waals surface area contributed by atoms with Gasteiger partial charge in [0.05, 0.1) is 7.11 Å². The SMILES string of the molecule is COc1c(O)ccc2c3n(c(=N)nc12)CCN3.O=C(O)C(F)(F)F.O=C(O)C(F)(F)F. The summed E-state index contributed by atoms with van der Waals surface area (Å²) in [6.07, 6.45) is -10.2. The van der Waals surface area contributed by atoms with Crippen LogP contribution in [0.25, 0.3) is 10.9 Å². The van der Waals surface area contributed by atoms with Crippen LogP contribution in [-0.2, 0) is 16.1 Å². The van der Waals surface area contributed by atoms with Crippen LogP contribution in [0.15, 0.2) is 12.1 Å². The third-order valence-electron chi connectivity index (χ3n) is 3.43. The molecule has 3 rings (SSSR count). The predicted molar refractivity (Wildman–Crippen MR) is 89.7 cm³/mol. The smallest absolute Gasteiger partial charge is 0.490 e. The van der Waals surface area contributed by atoms with Crippen LogP contribution in [0, 0.1) is 5.41 Å². The molecule has 10 nitrogen and oxygen atoms in total.